The molecule has 0 heterocycles. The van der Waals surface area contributed by atoms with Gasteiger partial charge in [0.1, 0.15) is 0 Å². The summed E-state index contributed by atoms with van der Waals surface area (Å²) in [4.78, 5) is 0. The second kappa shape index (κ2) is 23.4. The van der Waals surface area contributed by atoms with E-state index < -0.39 is 0 Å². The minimum Gasteiger partial charge on any atom is -0.0533 e. The van der Waals surface area contributed by atoms with E-state index in [0.717, 1.165) is 11.8 Å². The van der Waals surface area contributed by atoms with Crippen molar-refractivity contribution in [1.29, 1.82) is 0 Å². The van der Waals surface area contributed by atoms with Crippen LogP contribution in [0, 0.1) is 11.8 Å². The molecule has 0 amide bonds. The molecule has 0 aromatic heterocycles. The van der Waals surface area contributed by atoms with Gasteiger partial charge in [0, 0.05) is 0 Å². The molecule has 202 valence electrons. The first-order valence-corrected chi connectivity index (χ1v) is 17.0. The topological polar surface area (TPSA) is 0 Å². The molecule has 0 atom stereocenters. The molecule has 2 rings (SSSR count). The van der Waals surface area contributed by atoms with Gasteiger partial charge in [-0.15, -0.1) is 0 Å². The van der Waals surface area contributed by atoms with E-state index in [1.165, 1.54) is 180 Å². The first-order chi connectivity index (χ1) is 17.0. The second-order valence-electron chi connectivity index (χ2n) is 12.6. The van der Waals surface area contributed by atoms with Crippen molar-refractivity contribution in [3.05, 3.63) is 0 Å². The molecule has 0 radical (unpaired) electrons. The van der Waals surface area contributed by atoms with Crippen LogP contribution in [0.5, 0.6) is 0 Å². The summed E-state index contributed by atoms with van der Waals surface area (Å²) in [6, 6.07) is 0. The van der Waals surface area contributed by atoms with E-state index in [0.29, 0.717) is 0 Å². The Morgan fingerprint density at radius 2 is 0.265 bits per heavy atom. The highest BCUT2D eigenvalue weighted by Crippen LogP contribution is 2.34. The zero-order valence-electron chi connectivity index (χ0n) is 23.8. The summed E-state index contributed by atoms with van der Waals surface area (Å²) >= 11 is 0. The lowest BCUT2D eigenvalue weighted by molar-refractivity contribution is 0.236. The molecule has 0 heteroatoms. The van der Waals surface area contributed by atoms with Crippen molar-refractivity contribution in [2.75, 3.05) is 0 Å². The highest BCUT2D eigenvalue weighted by molar-refractivity contribution is 4.72. The largest absolute Gasteiger partial charge is 0.0533 e. The summed E-state index contributed by atoms with van der Waals surface area (Å²) in [7, 11) is 0. The molecule has 0 aromatic carbocycles. The number of hydrogen-bond donors (Lipinski definition) is 0. The Labute approximate surface area is 217 Å². The first kappa shape index (κ1) is 30.2. The summed E-state index contributed by atoms with van der Waals surface area (Å²) in [5, 5.41) is 0. The summed E-state index contributed by atoms with van der Waals surface area (Å²) in [5.74, 6) is 2.11. The molecule has 0 unspecified atom stereocenters. The molecule has 0 bridgehead atoms. The fourth-order valence-electron chi connectivity index (χ4n) is 7.10. The molecule has 34 heavy (non-hydrogen) atoms. The molecule has 0 spiro atoms. The van der Waals surface area contributed by atoms with Crippen LogP contribution in [-0.2, 0) is 0 Å². The van der Waals surface area contributed by atoms with Crippen LogP contribution in [0.2, 0.25) is 0 Å². The maximum Gasteiger partial charge on any atom is -0.0386 e. The van der Waals surface area contributed by atoms with Crippen LogP contribution in [0.25, 0.3) is 0 Å². The van der Waals surface area contributed by atoms with E-state index in [-0.39, 0.29) is 0 Å². The van der Waals surface area contributed by atoms with Gasteiger partial charge >= 0.3 is 0 Å². The van der Waals surface area contributed by atoms with E-state index in [9.17, 15) is 0 Å². The average Bonchev–Trinajstić information content (AvgIpc) is 2.84. The van der Waals surface area contributed by atoms with Gasteiger partial charge in [0.05, 0.1) is 0 Å². The average molecular weight is 475 g/mol. The highest BCUT2D eigenvalue weighted by Gasteiger charge is 2.20. The van der Waals surface area contributed by atoms with Gasteiger partial charge < -0.3 is 0 Å². The molecular formula is C34H66. The smallest absolute Gasteiger partial charge is 0.0386 e. The Morgan fingerprint density at radius 3 is 0.412 bits per heavy atom. The van der Waals surface area contributed by atoms with Gasteiger partial charge in [0.15, 0.2) is 0 Å². The maximum absolute atomic E-state index is 1.56. The van der Waals surface area contributed by atoms with Crippen molar-refractivity contribution < 1.29 is 0 Å². The molecule has 2 aliphatic rings. The van der Waals surface area contributed by atoms with Crippen molar-refractivity contribution in [1.82, 2.24) is 0 Å². The van der Waals surface area contributed by atoms with Crippen molar-refractivity contribution in [2.45, 2.75) is 205 Å². The van der Waals surface area contributed by atoms with Crippen LogP contribution < -0.4 is 0 Å². The van der Waals surface area contributed by atoms with Crippen LogP contribution in [0.4, 0.5) is 0 Å². The van der Waals surface area contributed by atoms with Crippen LogP contribution in [0.1, 0.15) is 205 Å². The predicted octanol–water partition coefficient (Wildman–Crippen LogP) is 12.7. The Hall–Kier alpha value is 0. The fraction of sp³-hybridized carbons (Fsp3) is 1.00. The third kappa shape index (κ3) is 17.4. The number of rotatable bonds is 0. The van der Waals surface area contributed by atoms with E-state index >= 15 is 0 Å². The Morgan fingerprint density at radius 1 is 0.147 bits per heavy atom. The van der Waals surface area contributed by atoms with Crippen LogP contribution >= 0.6 is 0 Å². The van der Waals surface area contributed by atoms with Gasteiger partial charge in [-0.05, 0) is 11.8 Å². The van der Waals surface area contributed by atoms with Gasteiger partial charge in [-0.3, -0.25) is 0 Å². The van der Waals surface area contributed by atoms with Crippen molar-refractivity contribution in [2.24, 2.45) is 11.8 Å². The zero-order valence-corrected chi connectivity index (χ0v) is 23.8. The number of fused-ring (bicyclic) bond motifs is 1. The molecule has 0 aliphatic heterocycles. The summed E-state index contributed by atoms with van der Waals surface area (Å²) < 4.78 is 0. The summed E-state index contributed by atoms with van der Waals surface area (Å²) in [6.45, 7) is 0. The molecule has 2 aliphatic carbocycles. The lowest BCUT2D eigenvalue weighted by Crippen LogP contribution is -2.16. The van der Waals surface area contributed by atoms with E-state index in [2.05, 4.69) is 0 Å². The standard InChI is InChI=1S/C34H66/c1-2-6-10-14-18-22-26-30-34-32-28-24-20-16-12-8-4-3-7-11-15-19-23-27-31-33(34)29-25-21-17-13-9-5-1/h33-34H,1-32H2. The second-order valence-corrected chi connectivity index (χ2v) is 12.6. The summed E-state index contributed by atoms with van der Waals surface area (Å²) in [6.07, 6.45) is 48.6. The third-order valence-corrected chi connectivity index (χ3v) is 9.47. The van der Waals surface area contributed by atoms with Crippen molar-refractivity contribution in [3.63, 3.8) is 0 Å². The minimum absolute atomic E-state index is 1.05. The zero-order chi connectivity index (χ0) is 23.8. The number of hydrogen-bond acceptors (Lipinski definition) is 0. The van der Waals surface area contributed by atoms with Crippen LogP contribution in [0.15, 0.2) is 0 Å². The molecule has 2 fully saturated rings. The SMILES string of the molecule is C1CCCCCCCCC2CCCCCCCCCCCCCCCCC2CCCCCCC1. The molecule has 0 N–H and O–H groups in total. The Bertz CT molecular complexity index is 325. The van der Waals surface area contributed by atoms with Crippen LogP contribution in [-0.4, -0.2) is 0 Å². The van der Waals surface area contributed by atoms with Gasteiger partial charge in [-0.2, -0.15) is 0 Å². The quantitative estimate of drug-likeness (QED) is 0.327. The van der Waals surface area contributed by atoms with Crippen molar-refractivity contribution in [3.8, 4) is 0 Å². The molecule has 0 nitrogen and oxygen atoms in total. The van der Waals surface area contributed by atoms with Gasteiger partial charge in [-0.1, -0.05) is 205 Å². The minimum atomic E-state index is 1.05. The van der Waals surface area contributed by atoms with Gasteiger partial charge in [0.25, 0.3) is 0 Å². The normalized spacial score (nSPS) is 28.9. The van der Waals surface area contributed by atoms with Gasteiger partial charge in [-0.25, -0.2) is 0 Å². The predicted molar refractivity (Wildman–Crippen MR) is 155 cm³/mol. The summed E-state index contributed by atoms with van der Waals surface area (Å²) in [5.41, 5.74) is 0. The molecular weight excluding hydrogens is 408 g/mol. The first-order valence-electron chi connectivity index (χ1n) is 17.0. The van der Waals surface area contributed by atoms with E-state index in [4.69, 9.17) is 0 Å². The van der Waals surface area contributed by atoms with Crippen LogP contribution in [0.3, 0.4) is 0 Å². The lowest BCUT2D eigenvalue weighted by Gasteiger charge is -2.28. The molecule has 0 aromatic rings. The Kier molecular flexibility index (Phi) is 20.8. The lowest BCUT2D eigenvalue weighted by atomic mass is 9.78. The van der Waals surface area contributed by atoms with E-state index in [1.807, 2.05) is 0 Å². The van der Waals surface area contributed by atoms with E-state index in [1.54, 1.807) is 25.7 Å². The maximum atomic E-state index is 1.56. The molecule has 0 saturated heterocycles. The van der Waals surface area contributed by atoms with Crippen molar-refractivity contribution >= 4 is 0 Å². The third-order valence-electron chi connectivity index (χ3n) is 9.47. The Balaban J connectivity index is 1.86. The monoisotopic (exact) mass is 475 g/mol. The molecule has 2 saturated carbocycles. The fourth-order valence-corrected chi connectivity index (χ4v) is 7.10. The highest BCUT2D eigenvalue weighted by atomic mass is 14.3. The van der Waals surface area contributed by atoms with Gasteiger partial charge in [0.2, 0.25) is 0 Å².